The van der Waals surface area contributed by atoms with Crippen molar-refractivity contribution in [3.05, 3.63) is 23.8 Å². The number of rotatable bonds is 2. The summed E-state index contributed by atoms with van der Waals surface area (Å²) in [5.41, 5.74) is 0.955. The van der Waals surface area contributed by atoms with Gasteiger partial charge in [-0.2, -0.15) is 0 Å². The van der Waals surface area contributed by atoms with Gasteiger partial charge in [-0.15, -0.1) is 0 Å². The lowest BCUT2D eigenvalue weighted by Gasteiger charge is -2.04. The molecule has 74 valence electrons. The van der Waals surface area contributed by atoms with Crippen LogP contribution < -0.4 is 9.47 Å². The highest BCUT2D eigenvalue weighted by atomic mass is 16.7. The average molecular weight is 192 g/mol. The van der Waals surface area contributed by atoms with Crippen molar-refractivity contribution in [2.75, 3.05) is 0 Å². The van der Waals surface area contributed by atoms with Gasteiger partial charge in [0.1, 0.15) is 6.29 Å². The molecule has 0 saturated carbocycles. The van der Waals surface area contributed by atoms with E-state index in [1.165, 1.54) is 0 Å². The smallest absolute Gasteiger partial charge is 0.238 e. The van der Waals surface area contributed by atoms with Crippen LogP contribution in [0.2, 0.25) is 0 Å². The molecule has 0 amide bonds. The number of carbonyl (C=O) groups is 1. The van der Waals surface area contributed by atoms with E-state index in [9.17, 15) is 4.79 Å². The predicted molar refractivity (Wildman–Crippen MR) is 51.6 cm³/mol. The molecule has 1 aliphatic heterocycles. The lowest BCUT2D eigenvalue weighted by atomic mass is 10.0. The van der Waals surface area contributed by atoms with Gasteiger partial charge in [-0.25, -0.2) is 0 Å². The van der Waals surface area contributed by atoms with Crippen LogP contribution in [0.1, 0.15) is 25.3 Å². The molecule has 14 heavy (non-hydrogen) atoms. The summed E-state index contributed by atoms with van der Waals surface area (Å²) in [5.74, 6) is 1.38. The highest BCUT2D eigenvalue weighted by Gasteiger charge is 2.20. The van der Waals surface area contributed by atoms with Crippen LogP contribution in [0.15, 0.2) is 18.2 Å². The van der Waals surface area contributed by atoms with Crippen LogP contribution in [-0.4, -0.2) is 12.6 Å². The molecule has 0 aromatic heterocycles. The van der Waals surface area contributed by atoms with Gasteiger partial charge in [0, 0.05) is 12.8 Å². The summed E-state index contributed by atoms with van der Waals surface area (Å²) in [6.45, 7) is 3.69. The van der Waals surface area contributed by atoms with Gasteiger partial charge in [0.05, 0.1) is 0 Å². The first-order chi connectivity index (χ1) is 6.70. The zero-order valence-corrected chi connectivity index (χ0v) is 8.19. The molecule has 2 rings (SSSR count). The average Bonchev–Trinajstić information content (AvgIpc) is 2.55. The molecule has 0 fully saturated rings. The zero-order valence-electron chi connectivity index (χ0n) is 8.19. The first-order valence-electron chi connectivity index (χ1n) is 4.63. The van der Waals surface area contributed by atoms with E-state index in [-0.39, 0.29) is 12.2 Å². The minimum atomic E-state index is -0.230. The van der Waals surface area contributed by atoms with Gasteiger partial charge in [0.2, 0.25) is 6.29 Å². The Morgan fingerprint density at radius 3 is 2.79 bits per heavy atom. The van der Waals surface area contributed by atoms with Crippen LogP contribution in [0, 0.1) is 0 Å². The zero-order chi connectivity index (χ0) is 10.1. The van der Waals surface area contributed by atoms with Crippen LogP contribution in [0.25, 0.3) is 0 Å². The van der Waals surface area contributed by atoms with E-state index in [0.29, 0.717) is 0 Å². The molecule has 1 aromatic carbocycles. The second-order valence-corrected chi connectivity index (χ2v) is 3.43. The fraction of sp³-hybridized carbons (Fsp3) is 0.364. The fourth-order valence-corrected chi connectivity index (χ4v) is 1.46. The van der Waals surface area contributed by atoms with E-state index in [4.69, 9.17) is 9.47 Å². The molecule has 0 aliphatic carbocycles. The lowest BCUT2D eigenvalue weighted by Crippen LogP contribution is -2.11. The maximum Gasteiger partial charge on any atom is 0.238 e. The van der Waals surface area contributed by atoms with Gasteiger partial charge in [-0.05, 0) is 17.7 Å². The van der Waals surface area contributed by atoms with Crippen molar-refractivity contribution in [3.63, 3.8) is 0 Å². The van der Waals surface area contributed by atoms with Gasteiger partial charge in [0.25, 0.3) is 0 Å². The number of ether oxygens (including phenoxy) is 2. The third-order valence-corrected chi connectivity index (χ3v) is 2.28. The van der Waals surface area contributed by atoms with Crippen molar-refractivity contribution in [1.82, 2.24) is 0 Å². The summed E-state index contributed by atoms with van der Waals surface area (Å²) < 4.78 is 10.8. The molecule has 1 heterocycles. The third-order valence-electron chi connectivity index (χ3n) is 2.28. The summed E-state index contributed by atoms with van der Waals surface area (Å²) in [4.78, 5) is 10.6. The van der Waals surface area contributed by atoms with Crippen molar-refractivity contribution in [1.29, 1.82) is 0 Å². The van der Waals surface area contributed by atoms with Crippen LogP contribution >= 0.6 is 0 Å². The Morgan fingerprint density at radius 2 is 2.07 bits per heavy atom. The van der Waals surface area contributed by atoms with E-state index in [2.05, 4.69) is 0 Å². The quantitative estimate of drug-likeness (QED) is 0.673. The molecule has 3 heteroatoms. The predicted octanol–water partition coefficient (Wildman–Crippen LogP) is 2.11. The summed E-state index contributed by atoms with van der Waals surface area (Å²) in [5, 5.41) is 0. The van der Waals surface area contributed by atoms with Gasteiger partial charge in [-0.1, -0.05) is 13.0 Å². The van der Waals surface area contributed by atoms with E-state index in [1.807, 2.05) is 32.0 Å². The summed E-state index contributed by atoms with van der Waals surface area (Å²) >= 11 is 0. The van der Waals surface area contributed by atoms with E-state index < -0.39 is 0 Å². The van der Waals surface area contributed by atoms with Crippen LogP contribution in [0.5, 0.6) is 11.5 Å². The molecule has 1 aromatic rings. The van der Waals surface area contributed by atoms with Crippen molar-refractivity contribution in [3.8, 4) is 11.5 Å². The maximum absolute atomic E-state index is 10.6. The maximum atomic E-state index is 10.6. The second kappa shape index (κ2) is 3.33. The molecular formula is C11H12O3. The Bertz CT molecular complexity index is 360. The van der Waals surface area contributed by atoms with E-state index in [1.54, 1.807) is 0 Å². The van der Waals surface area contributed by atoms with Gasteiger partial charge in [-0.3, -0.25) is 0 Å². The molecule has 0 saturated heterocycles. The Balaban J connectivity index is 2.32. The lowest BCUT2D eigenvalue weighted by molar-refractivity contribution is -0.108. The molecule has 1 aliphatic rings. The van der Waals surface area contributed by atoms with E-state index >= 15 is 0 Å². The van der Waals surface area contributed by atoms with Crippen molar-refractivity contribution >= 4 is 6.29 Å². The number of benzene rings is 1. The highest BCUT2D eigenvalue weighted by molar-refractivity contribution is 5.62. The van der Waals surface area contributed by atoms with E-state index in [0.717, 1.165) is 23.3 Å². The molecule has 0 radical (unpaired) electrons. The first-order valence-corrected chi connectivity index (χ1v) is 4.63. The van der Waals surface area contributed by atoms with Gasteiger partial charge >= 0.3 is 0 Å². The molecule has 0 spiro atoms. The van der Waals surface area contributed by atoms with Gasteiger partial charge in [0.15, 0.2) is 11.5 Å². The van der Waals surface area contributed by atoms with Crippen LogP contribution in [0.4, 0.5) is 0 Å². The molecule has 3 nitrogen and oxygen atoms in total. The monoisotopic (exact) mass is 192 g/mol. The van der Waals surface area contributed by atoms with Crippen molar-refractivity contribution < 1.29 is 14.3 Å². The number of fused-ring (bicyclic) bond motifs is 1. The van der Waals surface area contributed by atoms with Crippen LogP contribution in [-0.2, 0) is 4.79 Å². The highest BCUT2D eigenvalue weighted by Crippen LogP contribution is 2.36. The number of hydrogen-bond acceptors (Lipinski definition) is 3. The third kappa shape index (κ3) is 1.45. The Hall–Kier alpha value is -1.51. The molecule has 0 N–H and O–H groups in total. The largest absolute Gasteiger partial charge is 0.451 e. The number of carbonyl (C=O) groups excluding carboxylic acids is 1. The van der Waals surface area contributed by atoms with Crippen molar-refractivity contribution in [2.24, 2.45) is 0 Å². The Kier molecular flexibility index (Phi) is 2.15. The fourth-order valence-electron chi connectivity index (χ4n) is 1.46. The normalized spacial score (nSPS) is 20.6. The van der Waals surface area contributed by atoms with Crippen LogP contribution in [0.3, 0.4) is 0 Å². The van der Waals surface area contributed by atoms with Crippen molar-refractivity contribution in [2.45, 2.75) is 26.1 Å². The molecular weight excluding hydrogens is 180 g/mol. The molecule has 2 unspecified atom stereocenters. The standard InChI is InChI=1S/C11H12O3/c1-7(6-12)9-3-4-10-11(5-9)14-8(2)13-10/h3-8H,1-2H3. The first kappa shape index (κ1) is 9.06. The number of aldehydes is 1. The minimum absolute atomic E-state index is 0.0974. The number of hydrogen-bond donors (Lipinski definition) is 0. The Labute approximate surface area is 82.6 Å². The summed E-state index contributed by atoms with van der Waals surface area (Å²) in [6.07, 6.45) is 0.688. The van der Waals surface area contributed by atoms with Gasteiger partial charge < -0.3 is 14.3 Å². The minimum Gasteiger partial charge on any atom is -0.451 e. The SMILES string of the molecule is CC1Oc2ccc(C(C)C=O)cc2O1. The Morgan fingerprint density at radius 1 is 1.36 bits per heavy atom. The summed E-state index contributed by atoms with van der Waals surface area (Å²) in [6, 6.07) is 5.59. The topological polar surface area (TPSA) is 35.5 Å². The summed E-state index contributed by atoms with van der Waals surface area (Å²) in [7, 11) is 0. The second-order valence-electron chi connectivity index (χ2n) is 3.43. The molecule has 0 bridgehead atoms. The molecule has 2 atom stereocenters.